The van der Waals surface area contributed by atoms with E-state index in [1.54, 1.807) is 12.1 Å². The van der Waals surface area contributed by atoms with Crippen molar-refractivity contribution in [2.24, 2.45) is 11.8 Å². The molecule has 0 unspecified atom stereocenters. The summed E-state index contributed by atoms with van der Waals surface area (Å²) in [7, 11) is 0. The summed E-state index contributed by atoms with van der Waals surface area (Å²) in [5.41, 5.74) is 1.65. The highest BCUT2D eigenvalue weighted by Crippen LogP contribution is 2.29. The Morgan fingerprint density at radius 2 is 1.87 bits per heavy atom. The molecule has 4 nitrogen and oxygen atoms in total. The van der Waals surface area contributed by atoms with Crippen molar-refractivity contribution in [3.8, 4) is 0 Å². The van der Waals surface area contributed by atoms with E-state index in [1.807, 2.05) is 12.1 Å². The monoisotopic (exact) mass is 317 g/mol. The highest BCUT2D eigenvalue weighted by Gasteiger charge is 2.28. The summed E-state index contributed by atoms with van der Waals surface area (Å²) in [4.78, 5) is 24.0. The molecule has 126 valence electrons. The molecular weight excluding hydrogens is 290 g/mol. The van der Waals surface area contributed by atoms with Crippen LogP contribution in [0.3, 0.4) is 0 Å². The summed E-state index contributed by atoms with van der Waals surface area (Å²) in [6, 6.07) is 7.48. The second kappa shape index (κ2) is 8.14. The zero-order valence-corrected chi connectivity index (χ0v) is 14.3. The van der Waals surface area contributed by atoms with Gasteiger partial charge in [0.1, 0.15) is 0 Å². The number of esters is 1. The van der Waals surface area contributed by atoms with E-state index < -0.39 is 5.97 Å². The molecule has 3 atom stereocenters. The maximum atomic E-state index is 12.0. The SMILES string of the molecule is CCc1ccc(C(=O)OCC(=O)N[C@H]2CCC[C@@H](C)[C@@H]2C)cc1. The van der Waals surface area contributed by atoms with Crippen molar-refractivity contribution >= 4 is 11.9 Å². The Kier molecular flexibility index (Phi) is 6.20. The van der Waals surface area contributed by atoms with Gasteiger partial charge in [-0.15, -0.1) is 0 Å². The molecule has 0 radical (unpaired) electrons. The zero-order valence-electron chi connectivity index (χ0n) is 14.3. The van der Waals surface area contributed by atoms with Crippen LogP contribution in [0.25, 0.3) is 0 Å². The van der Waals surface area contributed by atoms with Crippen LogP contribution in [0.1, 0.15) is 56.0 Å². The molecule has 23 heavy (non-hydrogen) atoms. The first kappa shape index (κ1) is 17.5. The molecule has 0 heterocycles. The minimum absolute atomic E-state index is 0.189. The Morgan fingerprint density at radius 3 is 2.52 bits per heavy atom. The quantitative estimate of drug-likeness (QED) is 0.847. The van der Waals surface area contributed by atoms with E-state index in [9.17, 15) is 9.59 Å². The topological polar surface area (TPSA) is 55.4 Å². The average molecular weight is 317 g/mol. The van der Waals surface area contributed by atoms with Gasteiger partial charge in [0, 0.05) is 6.04 Å². The number of hydrogen-bond donors (Lipinski definition) is 1. The van der Waals surface area contributed by atoms with Crippen LogP contribution < -0.4 is 5.32 Å². The van der Waals surface area contributed by atoms with Crippen LogP contribution in [0.15, 0.2) is 24.3 Å². The summed E-state index contributed by atoms with van der Waals surface area (Å²) in [5, 5.41) is 3.01. The zero-order chi connectivity index (χ0) is 16.8. The summed E-state index contributed by atoms with van der Waals surface area (Å²) >= 11 is 0. The van der Waals surface area contributed by atoms with Gasteiger partial charge >= 0.3 is 5.97 Å². The van der Waals surface area contributed by atoms with E-state index in [0.29, 0.717) is 17.4 Å². The Morgan fingerprint density at radius 1 is 1.17 bits per heavy atom. The fourth-order valence-corrected chi connectivity index (χ4v) is 3.13. The van der Waals surface area contributed by atoms with E-state index in [4.69, 9.17) is 4.74 Å². The van der Waals surface area contributed by atoms with Crippen LogP contribution in [0.4, 0.5) is 0 Å². The van der Waals surface area contributed by atoms with Gasteiger partial charge in [-0.25, -0.2) is 4.79 Å². The molecule has 1 N–H and O–H groups in total. The molecule has 0 bridgehead atoms. The second-order valence-corrected chi connectivity index (χ2v) is 6.57. The van der Waals surface area contributed by atoms with Gasteiger partial charge in [-0.05, 0) is 42.4 Å². The smallest absolute Gasteiger partial charge is 0.338 e. The first-order valence-electron chi connectivity index (χ1n) is 8.56. The Bertz CT molecular complexity index is 538. The molecule has 1 amide bonds. The first-order valence-corrected chi connectivity index (χ1v) is 8.56. The number of rotatable bonds is 5. The minimum Gasteiger partial charge on any atom is -0.452 e. The standard InChI is InChI=1S/C19H27NO3/c1-4-15-8-10-16(11-9-15)19(22)23-12-18(21)20-17-7-5-6-13(2)14(17)3/h8-11,13-14,17H,4-7,12H2,1-3H3,(H,20,21)/t13-,14+,17+/m1/s1. The molecule has 1 aromatic carbocycles. The number of nitrogens with one attached hydrogen (secondary N) is 1. The summed E-state index contributed by atoms with van der Waals surface area (Å²) < 4.78 is 5.12. The summed E-state index contributed by atoms with van der Waals surface area (Å²) in [6.07, 6.45) is 4.29. The van der Waals surface area contributed by atoms with Crippen molar-refractivity contribution in [2.45, 2.75) is 52.5 Å². The van der Waals surface area contributed by atoms with Gasteiger partial charge in [-0.3, -0.25) is 4.79 Å². The van der Waals surface area contributed by atoms with Crippen LogP contribution in [0.2, 0.25) is 0 Å². The maximum absolute atomic E-state index is 12.0. The lowest BCUT2D eigenvalue weighted by atomic mass is 9.78. The van der Waals surface area contributed by atoms with Crippen molar-refractivity contribution in [1.29, 1.82) is 0 Å². The molecule has 1 aromatic rings. The van der Waals surface area contributed by atoms with Crippen molar-refractivity contribution < 1.29 is 14.3 Å². The van der Waals surface area contributed by atoms with Crippen LogP contribution >= 0.6 is 0 Å². The molecular formula is C19H27NO3. The van der Waals surface area contributed by atoms with Crippen LogP contribution in [0, 0.1) is 11.8 Å². The molecule has 1 aliphatic carbocycles. The van der Waals surface area contributed by atoms with Gasteiger partial charge in [-0.1, -0.05) is 45.7 Å². The van der Waals surface area contributed by atoms with Gasteiger partial charge in [0.05, 0.1) is 5.56 Å². The molecule has 1 saturated carbocycles. The Balaban J connectivity index is 1.80. The normalized spacial score (nSPS) is 24.0. The van der Waals surface area contributed by atoms with Crippen LogP contribution in [0.5, 0.6) is 0 Å². The summed E-state index contributed by atoms with van der Waals surface area (Å²) in [5.74, 6) is 0.418. The molecule has 4 heteroatoms. The number of carbonyl (C=O) groups is 2. The van der Waals surface area contributed by atoms with E-state index in [0.717, 1.165) is 19.3 Å². The first-order chi connectivity index (χ1) is 11.0. The molecule has 1 fully saturated rings. The number of carbonyl (C=O) groups excluding carboxylic acids is 2. The van der Waals surface area contributed by atoms with Crippen molar-refractivity contribution in [2.75, 3.05) is 6.61 Å². The van der Waals surface area contributed by atoms with Gasteiger partial charge in [-0.2, -0.15) is 0 Å². The van der Waals surface area contributed by atoms with Crippen LogP contribution in [-0.2, 0) is 16.0 Å². The molecule has 0 spiro atoms. The third kappa shape index (κ3) is 4.81. The molecule has 2 rings (SSSR count). The maximum Gasteiger partial charge on any atom is 0.338 e. The highest BCUT2D eigenvalue weighted by atomic mass is 16.5. The lowest BCUT2D eigenvalue weighted by Gasteiger charge is -2.34. The lowest BCUT2D eigenvalue weighted by Crippen LogP contribution is -2.45. The third-order valence-electron chi connectivity index (χ3n) is 4.99. The van der Waals surface area contributed by atoms with E-state index in [-0.39, 0.29) is 18.6 Å². The Labute approximate surface area is 138 Å². The van der Waals surface area contributed by atoms with Gasteiger partial charge in [0.15, 0.2) is 6.61 Å². The Hall–Kier alpha value is -1.84. The number of aryl methyl sites for hydroxylation is 1. The number of ether oxygens (including phenoxy) is 1. The predicted octanol–water partition coefficient (Wildman–Crippen LogP) is 3.35. The van der Waals surface area contributed by atoms with Gasteiger partial charge < -0.3 is 10.1 Å². The van der Waals surface area contributed by atoms with Crippen molar-refractivity contribution in [1.82, 2.24) is 5.32 Å². The molecule has 1 aliphatic rings. The number of hydrogen-bond acceptors (Lipinski definition) is 3. The van der Waals surface area contributed by atoms with Crippen molar-refractivity contribution in [3.63, 3.8) is 0 Å². The van der Waals surface area contributed by atoms with E-state index >= 15 is 0 Å². The largest absolute Gasteiger partial charge is 0.452 e. The van der Waals surface area contributed by atoms with Crippen LogP contribution in [-0.4, -0.2) is 24.5 Å². The van der Waals surface area contributed by atoms with Gasteiger partial charge in [0.25, 0.3) is 5.91 Å². The molecule has 0 saturated heterocycles. The number of benzene rings is 1. The van der Waals surface area contributed by atoms with Crippen molar-refractivity contribution in [3.05, 3.63) is 35.4 Å². The highest BCUT2D eigenvalue weighted by molar-refractivity contribution is 5.91. The van der Waals surface area contributed by atoms with E-state index in [2.05, 4.69) is 26.1 Å². The van der Waals surface area contributed by atoms with Gasteiger partial charge in [0.2, 0.25) is 0 Å². The minimum atomic E-state index is -0.451. The summed E-state index contributed by atoms with van der Waals surface area (Å²) in [6.45, 7) is 6.25. The van der Waals surface area contributed by atoms with E-state index in [1.165, 1.54) is 12.0 Å². The molecule has 0 aromatic heterocycles. The third-order valence-corrected chi connectivity index (χ3v) is 4.99. The predicted molar refractivity (Wildman–Crippen MR) is 90.2 cm³/mol. The number of amides is 1. The fraction of sp³-hybridized carbons (Fsp3) is 0.579. The second-order valence-electron chi connectivity index (χ2n) is 6.57. The molecule has 0 aliphatic heterocycles. The fourth-order valence-electron chi connectivity index (χ4n) is 3.13. The lowest BCUT2D eigenvalue weighted by molar-refractivity contribution is -0.125. The average Bonchev–Trinajstić information content (AvgIpc) is 2.57.